The van der Waals surface area contributed by atoms with E-state index in [0.717, 1.165) is 6.07 Å². The lowest BCUT2D eigenvalue weighted by molar-refractivity contribution is -0.167. The molecule has 0 bridgehead atoms. The van der Waals surface area contributed by atoms with Gasteiger partial charge in [0.1, 0.15) is 6.61 Å². The van der Waals surface area contributed by atoms with Crippen LogP contribution in [0.3, 0.4) is 0 Å². The first-order valence-electron chi connectivity index (χ1n) is 5.54. The van der Waals surface area contributed by atoms with E-state index in [9.17, 15) is 30.7 Å². The minimum absolute atomic E-state index is 0.489. The molecule has 0 aliphatic rings. The Morgan fingerprint density at radius 1 is 1.14 bits per heavy atom. The predicted octanol–water partition coefficient (Wildman–Crippen LogP) is 2.53. The third-order valence-corrected chi connectivity index (χ3v) is 2.54. The fourth-order valence-corrected chi connectivity index (χ4v) is 1.41. The number of rotatable bonds is 7. The summed E-state index contributed by atoms with van der Waals surface area (Å²) in [6.45, 7) is -2.38. The smallest absolute Gasteiger partial charge is 0.330 e. The zero-order valence-corrected chi connectivity index (χ0v) is 10.4. The number of alkyl halides is 4. The highest BCUT2D eigenvalue weighted by molar-refractivity contribution is 5.23. The second kappa shape index (κ2) is 7.05. The minimum Gasteiger partial charge on any atom is -0.373 e. The number of nitrogens with one attached hydrogen (secondary N) is 1. The Morgan fingerprint density at radius 3 is 2.29 bits per heavy atom. The number of benzene rings is 1. The van der Waals surface area contributed by atoms with Gasteiger partial charge in [-0.1, -0.05) is 6.07 Å². The standard InChI is InChI=1S/C11H11F7N2O/c12-6-2-1-5(8(13)9(6)14)7(20-19)3-21-4-11(17,18)10(15)16/h1-2,7,10,20H,3-4,19H2. The average Bonchev–Trinajstić information content (AvgIpc) is 2.42. The molecule has 1 unspecified atom stereocenters. The lowest BCUT2D eigenvalue weighted by atomic mass is 10.1. The highest BCUT2D eigenvalue weighted by Gasteiger charge is 2.41. The highest BCUT2D eigenvalue weighted by atomic mass is 19.3. The molecule has 1 rings (SSSR count). The molecule has 0 aliphatic heterocycles. The summed E-state index contributed by atoms with van der Waals surface area (Å²) in [5.41, 5.74) is 1.45. The Bertz CT molecular complexity index is 484. The van der Waals surface area contributed by atoms with Crippen molar-refractivity contribution in [3.63, 3.8) is 0 Å². The summed E-state index contributed by atoms with van der Waals surface area (Å²) in [7, 11) is 0. The first-order chi connectivity index (χ1) is 9.70. The minimum atomic E-state index is -4.38. The first kappa shape index (κ1) is 17.7. The summed E-state index contributed by atoms with van der Waals surface area (Å²) in [6, 6.07) is 0.104. The molecule has 0 spiro atoms. The zero-order chi connectivity index (χ0) is 16.2. The number of halogens is 7. The number of ether oxygens (including phenoxy) is 1. The molecule has 10 heteroatoms. The quantitative estimate of drug-likeness (QED) is 0.351. The van der Waals surface area contributed by atoms with Gasteiger partial charge in [-0.25, -0.2) is 22.0 Å². The number of nitrogens with two attached hydrogens (primary N) is 1. The van der Waals surface area contributed by atoms with Crippen molar-refractivity contribution in [2.24, 2.45) is 5.84 Å². The zero-order valence-electron chi connectivity index (χ0n) is 10.4. The van der Waals surface area contributed by atoms with Gasteiger partial charge in [0.05, 0.1) is 12.6 Å². The van der Waals surface area contributed by atoms with Gasteiger partial charge in [-0.2, -0.15) is 8.78 Å². The summed E-state index contributed by atoms with van der Waals surface area (Å²) in [6.07, 6.45) is -3.93. The van der Waals surface area contributed by atoms with Gasteiger partial charge in [0.2, 0.25) is 0 Å². The molecular weight excluding hydrogens is 309 g/mol. The first-order valence-corrected chi connectivity index (χ1v) is 5.54. The lowest BCUT2D eigenvalue weighted by Crippen LogP contribution is -2.36. The highest BCUT2D eigenvalue weighted by Crippen LogP contribution is 2.25. The van der Waals surface area contributed by atoms with Crippen LogP contribution in [0.2, 0.25) is 0 Å². The molecule has 3 nitrogen and oxygen atoms in total. The van der Waals surface area contributed by atoms with Gasteiger partial charge in [0.15, 0.2) is 17.5 Å². The predicted molar refractivity (Wildman–Crippen MR) is 58.2 cm³/mol. The van der Waals surface area contributed by atoms with Gasteiger partial charge in [-0.15, -0.1) is 0 Å². The molecule has 0 saturated carbocycles. The number of hydrazine groups is 1. The second-order valence-corrected chi connectivity index (χ2v) is 4.06. The molecule has 0 aromatic heterocycles. The van der Waals surface area contributed by atoms with E-state index in [2.05, 4.69) is 4.74 Å². The molecule has 120 valence electrons. The Balaban J connectivity index is 2.75. The summed E-state index contributed by atoms with van der Waals surface area (Å²) in [5, 5.41) is 0. The molecule has 1 atom stereocenters. The van der Waals surface area contributed by atoms with Gasteiger partial charge in [0.25, 0.3) is 0 Å². The normalized spacial score (nSPS) is 13.8. The van der Waals surface area contributed by atoms with Crippen molar-refractivity contribution in [3.8, 4) is 0 Å². The van der Waals surface area contributed by atoms with E-state index >= 15 is 0 Å². The van der Waals surface area contributed by atoms with Crippen LogP contribution >= 0.6 is 0 Å². The van der Waals surface area contributed by atoms with E-state index in [1.54, 1.807) is 0 Å². The van der Waals surface area contributed by atoms with Gasteiger partial charge in [-0.3, -0.25) is 11.3 Å². The van der Waals surface area contributed by atoms with Crippen molar-refractivity contribution in [1.29, 1.82) is 0 Å². The van der Waals surface area contributed by atoms with Gasteiger partial charge in [0, 0.05) is 5.56 Å². The van der Waals surface area contributed by atoms with E-state index in [1.165, 1.54) is 0 Å². The fraction of sp³-hybridized carbons (Fsp3) is 0.455. The van der Waals surface area contributed by atoms with Gasteiger partial charge < -0.3 is 4.74 Å². The average molecular weight is 320 g/mol. The molecule has 0 aliphatic carbocycles. The molecule has 1 aromatic rings. The third kappa shape index (κ3) is 4.29. The molecule has 0 fully saturated rings. The largest absolute Gasteiger partial charge is 0.373 e. The molecule has 0 saturated heterocycles. The SMILES string of the molecule is NNC(COCC(F)(F)C(F)F)c1ccc(F)c(F)c1F. The van der Waals surface area contributed by atoms with Crippen molar-refractivity contribution in [1.82, 2.24) is 5.43 Å². The van der Waals surface area contributed by atoms with Crippen molar-refractivity contribution < 1.29 is 35.5 Å². The van der Waals surface area contributed by atoms with Crippen molar-refractivity contribution >= 4 is 0 Å². The monoisotopic (exact) mass is 320 g/mol. The van der Waals surface area contributed by atoms with E-state index in [4.69, 9.17) is 5.84 Å². The molecule has 0 heterocycles. The molecule has 21 heavy (non-hydrogen) atoms. The van der Waals surface area contributed by atoms with E-state index in [0.29, 0.717) is 6.07 Å². The van der Waals surface area contributed by atoms with Crippen LogP contribution in [0.4, 0.5) is 30.7 Å². The molecule has 3 N–H and O–H groups in total. The summed E-state index contributed by atoms with van der Waals surface area (Å²) >= 11 is 0. The Hall–Kier alpha value is -1.39. The van der Waals surface area contributed by atoms with Crippen molar-refractivity contribution in [3.05, 3.63) is 35.1 Å². The molecular formula is C11H11F7N2O. The van der Waals surface area contributed by atoms with Crippen LogP contribution in [0.1, 0.15) is 11.6 Å². The molecule has 0 amide bonds. The van der Waals surface area contributed by atoms with Crippen LogP contribution in [0, 0.1) is 17.5 Å². The number of hydrogen-bond donors (Lipinski definition) is 2. The molecule has 0 radical (unpaired) electrons. The summed E-state index contributed by atoms with van der Waals surface area (Å²) < 4.78 is 92.5. The van der Waals surface area contributed by atoms with Crippen LogP contribution < -0.4 is 11.3 Å². The maximum atomic E-state index is 13.5. The van der Waals surface area contributed by atoms with E-state index in [-0.39, 0.29) is 0 Å². The summed E-state index contributed by atoms with van der Waals surface area (Å²) in [5.74, 6) is -4.16. The van der Waals surface area contributed by atoms with Gasteiger partial charge >= 0.3 is 12.3 Å². The molecule has 1 aromatic carbocycles. The van der Waals surface area contributed by atoms with Crippen molar-refractivity contribution in [2.45, 2.75) is 18.4 Å². The second-order valence-electron chi connectivity index (χ2n) is 4.06. The third-order valence-electron chi connectivity index (χ3n) is 2.54. The maximum absolute atomic E-state index is 13.5. The van der Waals surface area contributed by atoms with E-state index in [1.807, 2.05) is 5.43 Å². The van der Waals surface area contributed by atoms with Crippen LogP contribution in [-0.4, -0.2) is 25.6 Å². The Labute approximate surface area is 114 Å². The van der Waals surface area contributed by atoms with Crippen LogP contribution in [-0.2, 0) is 4.74 Å². The Kier molecular flexibility index (Phi) is 5.93. The van der Waals surface area contributed by atoms with Crippen LogP contribution in [0.15, 0.2) is 12.1 Å². The van der Waals surface area contributed by atoms with Crippen LogP contribution in [0.25, 0.3) is 0 Å². The fourth-order valence-electron chi connectivity index (χ4n) is 1.41. The van der Waals surface area contributed by atoms with E-state index < -0.39 is 54.6 Å². The van der Waals surface area contributed by atoms with Crippen LogP contribution in [0.5, 0.6) is 0 Å². The van der Waals surface area contributed by atoms with Crippen molar-refractivity contribution in [2.75, 3.05) is 13.2 Å². The topological polar surface area (TPSA) is 47.3 Å². The number of hydrogen-bond acceptors (Lipinski definition) is 3. The Morgan fingerprint density at radius 2 is 1.76 bits per heavy atom. The summed E-state index contributed by atoms with van der Waals surface area (Å²) in [4.78, 5) is 0. The van der Waals surface area contributed by atoms with Gasteiger partial charge in [-0.05, 0) is 6.07 Å². The maximum Gasteiger partial charge on any atom is 0.330 e. The lowest BCUT2D eigenvalue weighted by Gasteiger charge is -2.20.